The molecule has 7 aromatic rings. The van der Waals surface area contributed by atoms with Crippen molar-refractivity contribution in [2.75, 3.05) is 46.0 Å². The molecule has 5 unspecified atom stereocenters. The zero-order chi connectivity index (χ0) is 76.0. The number of rotatable bonds is 8. The molecule has 35 heteroatoms. The van der Waals surface area contributed by atoms with Crippen molar-refractivity contribution >= 4 is 70.5 Å². The summed E-state index contributed by atoms with van der Waals surface area (Å²) < 4.78 is 37.0. The minimum atomic E-state index is -2.32. The predicted molar refractivity (Wildman–Crippen MR) is 372 cm³/mol. The number of aromatic hydroxyl groups is 6. The second kappa shape index (κ2) is 30.7. The highest BCUT2D eigenvalue weighted by molar-refractivity contribution is 6.32. The topological polar surface area (TPSA) is 500 Å². The van der Waals surface area contributed by atoms with Gasteiger partial charge < -0.3 is 123 Å². The number of hydrogen-bond acceptors (Lipinski definition) is 25. The number of amides is 8. The van der Waals surface area contributed by atoms with Crippen molar-refractivity contribution in [3.05, 3.63) is 164 Å². The van der Waals surface area contributed by atoms with Gasteiger partial charge in [-0.1, -0.05) is 47.5 Å². The average molecular weight is 1510 g/mol. The number of phenols is 6. The molecule has 8 amide bonds. The summed E-state index contributed by atoms with van der Waals surface area (Å²) >= 11 is 14.2. The SMILES string of the molecule is CC(=O)NC1C(O[C@@H]2c3ccc(c(Cl)c3)Oc3cc4cc(c3O)Oc3ccc(cc3Cl)C[C@H]3NC(=O)[C@H](N)c5ccc(O)c(c5)Oc5cc(O)cc(c5)[C@H](NC3=O)C(=O)N[C@H]4C(=O)N[C@H]3C(=O)N[C@@H]2C(=O)N[C@H](C(=O)NCCN2CCOCC2)c2cc(O)cc(O)c2-c2cc3ccc2O)OC(CO)C(O)C1O. The van der Waals surface area contributed by atoms with Crippen LogP contribution in [0.25, 0.3) is 11.1 Å². The Morgan fingerprint density at radius 2 is 1.21 bits per heavy atom. The molecule has 0 aliphatic carbocycles. The molecule has 2 fully saturated rings. The third-order valence-electron chi connectivity index (χ3n) is 18.8. The van der Waals surface area contributed by atoms with Gasteiger partial charge in [-0.2, -0.15) is 0 Å². The van der Waals surface area contributed by atoms with Crippen LogP contribution in [0.1, 0.15) is 82.2 Å². The Kier molecular flexibility index (Phi) is 21.2. The Balaban J connectivity index is 1.03. The Labute approximate surface area is 616 Å². The van der Waals surface area contributed by atoms with Crippen molar-refractivity contribution in [1.29, 1.82) is 0 Å². The number of hydrogen-bond donors (Lipinski definition) is 18. The summed E-state index contributed by atoms with van der Waals surface area (Å²) in [5.74, 6) is -15.5. The van der Waals surface area contributed by atoms with Crippen molar-refractivity contribution < 1.29 is 113 Å². The van der Waals surface area contributed by atoms with E-state index in [0.717, 1.165) is 67.6 Å². The van der Waals surface area contributed by atoms with Crippen LogP contribution in [-0.4, -0.2) is 187 Å². The lowest BCUT2D eigenvalue weighted by Gasteiger charge is -2.44. The summed E-state index contributed by atoms with van der Waals surface area (Å²) in [6.07, 6.45) is -10.1. The van der Waals surface area contributed by atoms with Crippen molar-refractivity contribution in [3.8, 4) is 80.1 Å². The van der Waals surface area contributed by atoms with Gasteiger partial charge in [0.25, 0.3) is 0 Å². The van der Waals surface area contributed by atoms with Crippen LogP contribution in [0.4, 0.5) is 0 Å². The third kappa shape index (κ3) is 15.6. The minimum absolute atomic E-state index is 0.0758. The van der Waals surface area contributed by atoms with E-state index in [1.165, 1.54) is 54.6 Å². The molecular weight excluding hydrogens is 1440 g/mol. The largest absolute Gasteiger partial charge is 0.508 e. The van der Waals surface area contributed by atoms with Crippen LogP contribution in [0.5, 0.6) is 69.0 Å². The lowest BCUT2D eigenvalue weighted by Crippen LogP contribution is -2.65. The molecule has 7 aromatic carbocycles. The second-order valence-electron chi connectivity index (χ2n) is 26.1. The van der Waals surface area contributed by atoms with Crippen LogP contribution in [0.3, 0.4) is 0 Å². The quantitative estimate of drug-likeness (QED) is 0.104. The van der Waals surface area contributed by atoms with E-state index in [1.54, 1.807) is 0 Å². The van der Waals surface area contributed by atoms with E-state index in [1.807, 2.05) is 4.90 Å². The summed E-state index contributed by atoms with van der Waals surface area (Å²) in [6.45, 7) is 2.01. The maximum atomic E-state index is 16.3. The number of nitrogens with zero attached hydrogens (tertiary/aromatic N) is 1. The molecule has 8 aliphatic rings. The highest BCUT2D eigenvalue weighted by Crippen LogP contribution is 2.49. The van der Waals surface area contributed by atoms with E-state index >= 15 is 28.8 Å². The normalized spacial score (nSPS) is 25.2. The molecule has 19 N–H and O–H groups in total. The smallest absolute Gasteiger partial charge is 0.248 e. The number of benzene rings is 7. The summed E-state index contributed by atoms with van der Waals surface area (Å²) in [7, 11) is 0. The number of morpholine rings is 1. The molecular formula is C72H70Cl2N10O23. The molecule has 15 rings (SSSR count). The van der Waals surface area contributed by atoms with E-state index in [-0.39, 0.29) is 92.0 Å². The summed E-state index contributed by atoms with van der Waals surface area (Å²) in [4.78, 5) is 124. The van der Waals surface area contributed by atoms with Gasteiger partial charge in [0.2, 0.25) is 53.0 Å². The Bertz CT molecular complexity index is 4740. The third-order valence-corrected chi connectivity index (χ3v) is 19.4. The first-order valence-electron chi connectivity index (χ1n) is 33.4. The van der Waals surface area contributed by atoms with Crippen molar-refractivity contribution in [1.82, 2.24) is 47.4 Å². The van der Waals surface area contributed by atoms with Crippen LogP contribution >= 0.6 is 23.2 Å². The number of phenolic OH excluding ortho intramolecular Hbond substituents is 6. The highest BCUT2D eigenvalue weighted by atomic mass is 35.5. The first kappa shape index (κ1) is 74.0. The van der Waals surface area contributed by atoms with Gasteiger partial charge in [-0.25, -0.2) is 0 Å². The van der Waals surface area contributed by atoms with Crippen molar-refractivity contribution in [2.24, 2.45) is 5.73 Å². The Morgan fingerprint density at radius 3 is 1.90 bits per heavy atom. The molecule has 560 valence electrons. The van der Waals surface area contributed by atoms with E-state index in [4.69, 9.17) is 57.4 Å². The highest BCUT2D eigenvalue weighted by Gasteiger charge is 2.49. The van der Waals surface area contributed by atoms with E-state index < -0.39 is 189 Å². The number of ether oxygens (including phenoxy) is 6. The van der Waals surface area contributed by atoms with Crippen LogP contribution in [0.2, 0.25) is 10.0 Å². The monoisotopic (exact) mass is 1510 g/mol. The zero-order valence-corrected chi connectivity index (χ0v) is 57.7. The van der Waals surface area contributed by atoms with Gasteiger partial charge in [-0.3, -0.25) is 43.3 Å². The molecule has 8 aliphatic heterocycles. The first-order valence-corrected chi connectivity index (χ1v) is 34.2. The van der Waals surface area contributed by atoms with Gasteiger partial charge in [0.15, 0.2) is 29.3 Å². The van der Waals surface area contributed by atoms with E-state index in [9.17, 15) is 55.5 Å². The molecule has 17 bridgehead atoms. The average Bonchev–Trinajstić information content (AvgIpc) is 0.655. The molecule has 107 heavy (non-hydrogen) atoms. The van der Waals surface area contributed by atoms with Gasteiger partial charge >= 0.3 is 0 Å². The van der Waals surface area contributed by atoms with Gasteiger partial charge in [0, 0.05) is 62.8 Å². The van der Waals surface area contributed by atoms with Crippen LogP contribution in [0.15, 0.2) is 115 Å². The number of aliphatic hydroxyl groups is 3. The maximum absolute atomic E-state index is 16.3. The molecule has 8 heterocycles. The van der Waals surface area contributed by atoms with E-state index in [2.05, 4.69) is 42.5 Å². The number of halogens is 2. The first-order chi connectivity index (χ1) is 51.2. The fraction of sp³-hybridized carbons (Fsp3) is 0.306. The fourth-order valence-corrected chi connectivity index (χ4v) is 13.8. The van der Waals surface area contributed by atoms with Crippen molar-refractivity contribution in [3.63, 3.8) is 0 Å². The molecule has 33 nitrogen and oxygen atoms in total. The summed E-state index contributed by atoms with van der Waals surface area (Å²) in [5.41, 5.74) is 4.47. The molecule has 13 atom stereocenters. The van der Waals surface area contributed by atoms with Crippen LogP contribution in [-0.2, 0) is 59.0 Å². The van der Waals surface area contributed by atoms with E-state index in [0.29, 0.717) is 26.3 Å². The number of carbonyl (C=O) groups is 8. The van der Waals surface area contributed by atoms with Crippen molar-refractivity contribution in [2.45, 2.75) is 92.4 Å². The van der Waals surface area contributed by atoms with Gasteiger partial charge in [-0.05, 0) is 118 Å². The Morgan fingerprint density at radius 1 is 0.598 bits per heavy atom. The number of nitrogens with one attached hydrogen (secondary N) is 8. The lowest BCUT2D eigenvalue weighted by atomic mass is 9.89. The Hall–Kier alpha value is -11.2. The maximum Gasteiger partial charge on any atom is 0.248 e. The summed E-state index contributed by atoms with van der Waals surface area (Å²) in [6, 6.07) is 6.19. The number of fused-ring (bicyclic) bond motifs is 14. The second-order valence-corrected chi connectivity index (χ2v) is 26.9. The molecule has 0 radical (unpaired) electrons. The number of aliphatic hydroxyl groups excluding tert-OH is 3. The van der Waals surface area contributed by atoms with Gasteiger partial charge in [-0.15, -0.1) is 0 Å². The molecule has 0 saturated carbocycles. The summed E-state index contributed by atoms with van der Waals surface area (Å²) in [5, 5.41) is 124. The molecule has 0 spiro atoms. The fourth-order valence-electron chi connectivity index (χ4n) is 13.4. The number of nitrogens with two attached hydrogens (primary N) is 1. The standard InChI is InChI=1S/C72H70Cl2N10O23/c1-29(86)77-59-63(94)62(93)52(28-85)106-72(59)107-64-33-5-9-48(42(74)21-33)105-51-24-35-23-50(61(51)92)104-47-8-2-30(16-41(47)73)17-43-65(95)79-56(34-18-36(87)25-38(19-34)103-49-22-31(3-7-45(49)90)54(75)66(96)78-43)69(99)81-57(35)70(100)80-55-32-4-6-44(89)39(20-32)53-40(26-37(88)27-46(53)91)58(82-71(101)60(64)83-68(55)98)67(97)76-10-11-84-12-14-102-15-13-84/h2-9,16,18-27,43,52,54-60,62-64,72,85,87-94H,10-15,17,28,75H2,1H3,(H,76,97)(H,77,86)(H,78,96)(H,79,95)(H,80,100)(H,81,99)(H,82,101)(H,83,98)/t43-,52?,54-,55-,56+,57-,58+,59?,60+,62?,63?,64-,72?/m1/s1. The molecule has 0 aromatic heterocycles. The van der Waals surface area contributed by atoms with Crippen LogP contribution < -0.4 is 62.5 Å². The zero-order valence-electron chi connectivity index (χ0n) is 56.2. The number of carbonyl (C=O) groups excluding carboxylic acids is 8. The van der Waals surface area contributed by atoms with Gasteiger partial charge in [0.05, 0.1) is 29.9 Å². The lowest BCUT2D eigenvalue weighted by molar-refractivity contribution is -0.284. The molecule has 2 saturated heterocycles. The van der Waals surface area contributed by atoms with Crippen LogP contribution in [0, 0.1) is 0 Å². The predicted octanol–water partition coefficient (Wildman–Crippen LogP) is 2.32. The van der Waals surface area contributed by atoms with Gasteiger partial charge in [0.1, 0.15) is 113 Å². The minimum Gasteiger partial charge on any atom is -0.508 e.